The first kappa shape index (κ1) is 19.4. The van der Waals surface area contributed by atoms with Crippen molar-refractivity contribution < 1.29 is 27.2 Å². The predicted octanol–water partition coefficient (Wildman–Crippen LogP) is 4.85. The Hall–Kier alpha value is -2.96. The molecule has 2 aromatic rings. The van der Waals surface area contributed by atoms with E-state index in [1.54, 1.807) is 12.1 Å². The smallest absolute Gasteiger partial charge is 0.329 e. The molecule has 0 saturated carbocycles. The standard InChI is InChI=1S/C22H17F4NO2/c23-14-7-5-12(6-8-14)13-9-18-21(19(28)10-13)16(11-20(29)27-18)15-3-1-2-4-17(15)22(24,25)26/h1-8,13,16H,9-11H2,(H,27,29). The van der Waals surface area contributed by atoms with Gasteiger partial charge in [0, 0.05) is 30.0 Å². The molecule has 29 heavy (non-hydrogen) atoms. The van der Waals surface area contributed by atoms with Gasteiger partial charge in [0.25, 0.3) is 0 Å². The number of halogens is 4. The van der Waals surface area contributed by atoms with E-state index >= 15 is 0 Å². The lowest BCUT2D eigenvalue weighted by Gasteiger charge is -2.35. The van der Waals surface area contributed by atoms with E-state index in [0.29, 0.717) is 12.1 Å². The summed E-state index contributed by atoms with van der Waals surface area (Å²) in [6.07, 6.45) is -4.38. The van der Waals surface area contributed by atoms with Crippen LogP contribution < -0.4 is 5.32 Å². The van der Waals surface area contributed by atoms with Crippen molar-refractivity contribution in [3.63, 3.8) is 0 Å². The Kier molecular flexibility index (Phi) is 4.76. The second-order valence-electron chi connectivity index (χ2n) is 7.36. The third-order valence-corrected chi connectivity index (χ3v) is 5.52. The Morgan fingerprint density at radius 1 is 0.897 bits per heavy atom. The van der Waals surface area contributed by atoms with Gasteiger partial charge in [-0.2, -0.15) is 13.2 Å². The van der Waals surface area contributed by atoms with Crippen LogP contribution in [0.5, 0.6) is 0 Å². The summed E-state index contributed by atoms with van der Waals surface area (Å²) in [4.78, 5) is 25.2. The van der Waals surface area contributed by atoms with Crippen molar-refractivity contribution in [3.05, 3.63) is 82.3 Å². The van der Waals surface area contributed by atoms with Gasteiger partial charge in [0.2, 0.25) is 5.91 Å². The summed E-state index contributed by atoms with van der Waals surface area (Å²) < 4.78 is 53.7. The van der Waals surface area contributed by atoms with Crippen LogP contribution in [0.4, 0.5) is 17.6 Å². The molecular weight excluding hydrogens is 386 g/mol. The maximum atomic E-state index is 13.5. The van der Waals surface area contributed by atoms with E-state index in [-0.39, 0.29) is 35.7 Å². The molecule has 0 bridgehead atoms. The molecule has 4 rings (SSSR count). The molecule has 3 nitrogen and oxygen atoms in total. The summed E-state index contributed by atoms with van der Waals surface area (Å²) in [5, 5.41) is 2.68. The lowest BCUT2D eigenvalue weighted by molar-refractivity contribution is -0.138. The lowest BCUT2D eigenvalue weighted by atomic mass is 9.72. The molecule has 1 amide bonds. The van der Waals surface area contributed by atoms with Gasteiger partial charge in [-0.1, -0.05) is 30.3 Å². The second-order valence-corrected chi connectivity index (χ2v) is 7.36. The largest absolute Gasteiger partial charge is 0.416 e. The normalized spacial score (nSPS) is 22.3. The van der Waals surface area contributed by atoms with Crippen LogP contribution in [0.3, 0.4) is 0 Å². The summed E-state index contributed by atoms with van der Waals surface area (Å²) in [7, 11) is 0. The van der Waals surface area contributed by atoms with Gasteiger partial charge in [0.1, 0.15) is 5.82 Å². The fourth-order valence-electron chi connectivity index (χ4n) is 4.26. The van der Waals surface area contributed by atoms with E-state index in [4.69, 9.17) is 0 Å². The number of rotatable bonds is 2. The molecule has 150 valence electrons. The summed E-state index contributed by atoms with van der Waals surface area (Å²) in [5.74, 6) is -2.30. The number of ketones is 1. The molecular formula is C22H17F4NO2. The molecule has 1 aliphatic carbocycles. The molecule has 2 atom stereocenters. The SMILES string of the molecule is O=C1CC(c2ccccc2C(F)(F)F)C2=C(CC(c3ccc(F)cc3)CC2=O)N1. The molecule has 1 N–H and O–H groups in total. The van der Waals surface area contributed by atoms with Crippen LogP contribution in [-0.4, -0.2) is 11.7 Å². The Labute approximate surface area is 164 Å². The molecule has 2 unspecified atom stereocenters. The maximum absolute atomic E-state index is 13.5. The van der Waals surface area contributed by atoms with Crippen molar-refractivity contribution in [2.75, 3.05) is 0 Å². The number of benzene rings is 2. The fraction of sp³-hybridized carbons (Fsp3) is 0.273. The molecule has 0 fully saturated rings. The van der Waals surface area contributed by atoms with Crippen LogP contribution in [0.15, 0.2) is 59.8 Å². The first-order valence-electron chi connectivity index (χ1n) is 9.21. The molecule has 7 heteroatoms. The lowest BCUT2D eigenvalue weighted by Crippen LogP contribution is -2.38. The molecule has 1 aliphatic heterocycles. The van der Waals surface area contributed by atoms with Gasteiger partial charge in [-0.25, -0.2) is 4.39 Å². The molecule has 1 heterocycles. The van der Waals surface area contributed by atoms with Crippen molar-refractivity contribution in [2.24, 2.45) is 0 Å². The highest BCUT2D eigenvalue weighted by atomic mass is 19.4. The third-order valence-electron chi connectivity index (χ3n) is 5.52. The minimum Gasteiger partial charge on any atom is -0.329 e. The van der Waals surface area contributed by atoms with Gasteiger partial charge < -0.3 is 5.32 Å². The van der Waals surface area contributed by atoms with E-state index in [1.807, 2.05) is 0 Å². The van der Waals surface area contributed by atoms with Crippen molar-refractivity contribution in [2.45, 2.75) is 37.3 Å². The van der Waals surface area contributed by atoms with Gasteiger partial charge in [-0.3, -0.25) is 9.59 Å². The van der Waals surface area contributed by atoms with Crippen LogP contribution >= 0.6 is 0 Å². The molecule has 0 radical (unpaired) electrons. The summed E-state index contributed by atoms with van der Waals surface area (Å²) in [6.45, 7) is 0. The van der Waals surface area contributed by atoms with Crippen molar-refractivity contribution in [3.8, 4) is 0 Å². The number of hydrogen-bond acceptors (Lipinski definition) is 2. The van der Waals surface area contributed by atoms with Crippen LogP contribution in [0.25, 0.3) is 0 Å². The van der Waals surface area contributed by atoms with Crippen molar-refractivity contribution in [1.82, 2.24) is 5.32 Å². The maximum Gasteiger partial charge on any atom is 0.416 e. The summed E-state index contributed by atoms with van der Waals surface area (Å²) in [5.41, 5.74) is 0.475. The van der Waals surface area contributed by atoms with E-state index in [9.17, 15) is 27.2 Å². The Balaban J connectivity index is 1.76. The number of Topliss-reactive ketones (excluding diaryl/α,β-unsaturated/α-hetero) is 1. The zero-order valence-electron chi connectivity index (χ0n) is 15.2. The Bertz CT molecular complexity index is 1010. The van der Waals surface area contributed by atoms with Crippen LogP contribution in [0.1, 0.15) is 47.8 Å². The van der Waals surface area contributed by atoms with Gasteiger partial charge in [-0.15, -0.1) is 0 Å². The zero-order valence-corrected chi connectivity index (χ0v) is 15.2. The molecule has 2 aliphatic rings. The van der Waals surface area contributed by atoms with Gasteiger partial charge >= 0.3 is 6.18 Å². The second kappa shape index (κ2) is 7.13. The minimum atomic E-state index is -4.58. The molecule has 2 aromatic carbocycles. The number of carbonyl (C=O) groups excluding carboxylic acids is 2. The summed E-state index contributed by atoms with van der Waals surface area (Å²) >= 11 is 0. The monoisotopic (exact) mass is 403 g/mol. The predicted molar refractivity (Wildman–Crippen MR) is 97.4 cm³/mol. The van der Waals surface area contributed by atoms with E-state index in [0.717, 1.165) is 11.6 Å². The molecule has 0 aromatic heterocycles. The minimum absolute atomic E-state index is 0.0593. The quantitative estimate of drug-likeness (QED) is 0.729. The van der Waals surface area contributed by atoms with Crippen LogP contribution in [0.2, 0.25) is 0 Å². The number of allylic oxidation sites excluding steroid dienone is 2. The first-order valence-corrected chi connectivity index (χ1v) is 9.21. The number of alkyl halides is 3. The topological polar surface area (TPSA) is 46.2 Å². The Morgan fingerprint density at radius 3 is 2.28 bits per heavy atom. The van der Waals surface area contributed by atoms with E-state index in [2.05, 4.69) is 5.32 Å². The van der Waals surface area contributed by atoms with Gasteiger partial charge in [0.15, 0.2) is 5.78 Å². The number of carbonyl (C=O) groups is 2. The average molecular weight is 403 g/mol. The van der Waals surface area contributed by atoms with Crippen molar-refractivity contribution >= 4 is 11.7 Å². The number of hydrogen-bond donors (Lipinski definition) is 1. The first-order chi connectivity index (χ1) is 13.7. The van der Waals surface area contributed by atoms with Crippen molar-refractivity contribution in [1.29, 1.82) is 0 Å². The Morgan fingerprint density at radius 2 is 1.59 bits per heavy atom. The molecule has 0 spiro atoms. The van der Waals surface area contributed by atoms with Gasteiger partial charge in [0.05, 0.1) is 5.56 Å². The number of nitrogens with one attached hydrogen (secondary N) is 1. The highest BCUT2D eigenvalue weighted by molar-refractivity contribution is 6.02. The van der Waals surface area contributed by atoms with E-state index in [1.165, 1.54) is 30.3 Å². The fourth-order valence-corrected chi connectivity index (χ4v) is 4.26. The molecule has 0 saturated heterocycles. The highest BCUT2D eigenvalue weighted by Crippen LogP contribution is 2.45. The van der Waals surface area contributed by atoms with E-state index < -0.39 is 29.4 Å². The average Bonchev–Trinajstić information content (AvgIpc) is 2.67. The zero-order chi connectivity index (χ0) is 20.8. The highest BCUT2D eigenvalue weighted by Gasteiger charge is 2.42. The van der Waals surface area contributed by atoms with Crippen LogP contribution in [-0.2, 0) is 15.8 Å². The number of amides is 1. The van der Waals surface area contributed by atoms with Gasteiger partial charge in [-0.05, 0) is 41.7 Å². The third kappa shape index (κ3) is 3.69. The van der Waals surface area contributed by atoms with Crippen LogP contribution in [0, 0.1) is 5.82 Å². The summed E-state index contributed by atoms with van der Waals surface area (Å²) in [6, 6.07) is 10.8.